The predicted octanol–water partition coefficient (Wildman–Crippen LogP) is 3.69. The molecular weight excluding hydrogens is 504 g/mol. The van der Waals surface area contributed by atoms with E-state index in [0.29, 0.717) is 48.6 Å². The zero-order chi connectivity index (χ0) is 27.9. The Labute approximate surface area is 234 Å². The maximum absolute atomic E-state index is 13.2. The molecule has 0 bridgehead atoms. The standard InChI is InChI=1S/C31H36N6O3/c32-25-8-10-26(11-9-25)34-30(39)24-7-12-28(27(21-24)35-29(38)22-13-15-33-16-14-22)36-17-4-18-37(20-19-36)31(40)23-5-2-1-3-6-23/h1-3,5-7,12-16,21,25-26H,4,8-11,17-20,32H2,(H,34,39)(H,35,38). The van der Waals surface area contributed by atoms with Crippen molar-refractivity contribution in [3.63, 3.8) is 0 Å². The fourth-order valence-corrected chi connectivity index (χ4v) is 5.41. The first-order valence-electron chi connectivity index (χ1n) is 14.0. The van der Waals surface area contributed by atoms with Crippen LogP contribution in [-0.2, 0) is 0 Å². The van der Waals surface area contributed by atoms with Gasteiger partial charge in [-0.05, 0) is 74.6 Å². The Morgan fingerprint density at radius 2 is 1.52 bits per heavy atom. The van der Waals surface area contributed by atoms with Gasteiger partial charge in [0, 0.05) is 67.3 Å². The van der Waals surface area contributed by atoms with Crippen molar-refractivity contribution >= 4 is 29.1 Å². The van der Waals surface area contributed by atoms with Crippen LogP contribution < -0.4 is 21.3 Å². The number of hydrogen-bond acceptors (Lipinski definition) is 6. The highest BCUT2D eigenvalue weighted by molar-refractivity contribution is 6.07. The number of hydrogen-bond donors (Lipinski definition) is 3. The summed E-state index contributed by atoms with van der Waals surface area (Å²) in [5, 5.41) is 6.16. The van der Waals surface area contributed by atoms with Crippen molar-refractivity contribution in [2.24, 2.45) is 5.73 Å². The molecule has 3 aromatic rings. The van der Waals surface area contributed by atoms with Crippen LogP contribution in [0, 0.1) is 0 Å². The SMILES string of the molecule is NC1CCC(NC(=O)c2ccc(N3CCCN(C(=O)c4ccccc4)CC3)c(NC(=O)c3ccncc3)c2)CC1. The lowest BCUT2D eigenvalue weighted by molar-refractivity contribution is 0.0766. The van der Waals surface area contributed by atoms with Gasteiger partial charge in [-0.25, -0.2) is 0 Å². The van der Waals surface area contributed by atoms with Crippen LogP contribution >= 0.6 is 0 Å². The fourth-order valence-electron chi connectivity index (χ4n) is 5.41. The molecule has 2 fully saturated rings. The quantitative estimate of drug-likeness (QED) is 0.439. The van der Waals surface area contributed by atoms with Gasteiger partial charge in [0.1, 0.15) is 0 Å². The Balaban J connectivity index is 1.35. The number of nitrogens with two attached hydrogens (primary N) is 1. The maximum atomic E-state index is 13.2. The number of benzene rings is 2. The van der Waals surface area contributed by atoms with E-state index >= 15 is 0 Å². The number of carbonyl (C=O) groups is 3. The average molecular weight is 541 g/mol. The first-order chi connectivity index (χ1) is 19.5. The van der Waals surface area contributed by atoms with Crippen molar-refractivity contribution in [2.45, 2.75) is 44.2 Å². The normalized spacial score (nSPS) is 19.4. The van der Waals surface area contributed by atoms with Crippen molar-refractivity contribution in [2.75, 3.05) is 36.4 Å². The third-order valence-corrected chi connectivity index (χ3v) is 7.70. The molecular formula is C31H36N6O3. The van der Waals surface area contributed by atoms with Crippen molar-refractivity contribution in [1.29, 1.82) is 0 Å². The minimum absolute atomic E-state index is 0.0179. The van der Waals surface area contributed by atoms with Crippen LogP contribution in [0.4, 0.5) is 11.4 Å². The molecule has 1 aliphatic heterocycles. The van der Waals surface area contributed by atoms with E-state index in [1.165, 1.54) is 0 Å². The Bertz CT molecular complexity index is 1330. The highest BCUT2D eigenvalue weighted by Crippen LogP contribution is 2.30. The van der Waals surface area contributed by atoms with E-state index in [0.717, 1.165) is 37.8 Å². The second-order valence-corrected chi connectivity index (χ2v) is 10.5. The van der Waals surface area contributed by atoms with Gasteiger partial charge >= 0.3 is 0 Å². The van der Waals surface area contributed by atoms with E-state index < -0.39 is 0 Å². The molecule has 1 aromatic heterocycles. The van der Waals surface area contributed by atoms with Crippen LogP contribution in [0.2, 0.25) is 0 Å². The van der Waals surface area contributed by atoms with Crippen LogP contribution in [0.5, 0.6) is 0 Å². The molecule has 0 radical (unpaired) electrons. The second kappa shape index (κ2) is 12.7. The van der Waals surface area contributed by atoms with E-state index in [2.05, 4.69) is 20.5 Å². The second-order valence-electron chi connectivity index (χ2n) is 10.5. The molecule has 0 spiro atoms. The van der Waals surface area contributed by atoms with Crippen molar-refractivity contribution < 1.29 is 14.4 Å². The molecule has 9 nitrogen and oxygen atoms in total. The van der Waals surface area contributed by atoms with Gasteiger partial charge in [-0.2, -0.15) is 0 Å². The first kappa shape index (κ1) is 27.3. The van der Waals surface area contributed by atoms with Gasteiger partial charge in [-0.15, -0.1) is 0 Å². The summed E-state index contributed by atoms with van der Waals surface area (Å²) in [6.07, 6.45) is 7.45. The summed E-state index contributed by atoms with van der Waals surface area (Å²) in [6.45, 7) is 2.52. The summed E-state index contributed by atoms with van der Waals surface area (Å²) in [5.41, 5.74) is 9.04. The Morgan fingerprint density at radius 3 is 2.27 bits per heavy atom. The summed E-state index contributed by atoms with van der Waals surface area (Å²) >= 11 is 0. The maximum Gasteiger partial charge on any atom is 0.255 e. The minimum Gasteiger partial charge on any atom is -0.368 e. The molecule has 9 heteroatoms. The minimum atomic E-state index is -0.279. The molecule has 1 saturated carbocycles. The number of aromatic nitrogens is 1. The topological polar surface area (TPSA) is 121 Å². The third-order valence-electron chi connectivity index (χ3n) is 7.70. The lowest BCUT2D eigenvalue weighted by atomic mass is 9.91. The largest absolute Gasteiger partial charge is 0.368 e. The van der Waals surface area contributed by atoms with E-state index in [4.69, 9.17) is 5.73 Å². The summed E-state index contributed by atoms with van der Waals surface area (Å²) in [6, 6.07) is 18.4. The number of anilines is 2. The summed E-state index contributed by atoms with van der Waals surface area (Å²) in [5.74, 6) is -0.426. The highest BCUT2D eigenvalue weighted by Gasteiger charge is 2.24. The number of amides is 3. The lowest BCUT2D eigenvalue weighted by Gasteiger charge is -2.28. The highest BCUT2D eigenvalue weighted by atomic mass is 16.2. The van der Waals surface area contributed by atoms with Crippen LogP contribution in [0.1, 0.15) is 63.2 Å². The predicted molar refractivity (Wildman–Crippen MR) is 156 cm³/mol. The van der Waals surface area contributed by atoms with Gasteiger partial charge in [-0.1, -0.05) is 18.2 Å². The molecule has 4 N–H and O–H groups in total. The molecule has 1 aliphatic carbocycles. The van der Waals surface area contributed by atoms with Gasteiger partial charge in [0.05, 0.1) is 11.4 Å². The molecule has 2 aromatic carbocycles. The van der Waals surface area contributed by atoms with Gasteiger partial charge in [0.25, 0.3) is 17.7 Å². The number of nitrogens with one attached hydrogen (secondary N) is 2. The van der Waals surface area contributed by atoms with Crippen LogP contribution in [0.3, 0.4) is 0 Å². The van der Waals surface area contributed by atoms with Crippen molar-refractivity contribution in [1.82, 2.24) is 15.2 Å². The van der Waals surface area contributed by atoms with Gasteiger partial charge in [0.2, 0.25) is 0 Å². The molecule has 5 rings (SSSR count). The van der Waals surface area contributed by atoms with E-state index in [9.17, 15) is 14.4 Å². The van der Waals surface area contributed by atoms with Gasteiger partial charge in [0.15, 0.2) is 0 Å². The van der Waals surface area contributed by atoms with Gasteiger partial charge < -0.3 is 26.2 Å². The van der Waals surface area contributed by atoms with Crippen LogP contribution in [-0.4, -0.2) is 65.9 Å². The van der Waals surface area contributed by atoms with Crippen LogP contribution in [0.25, 0.3) is 0 Å². The lowest BCUT2D eigenvalue weighted by Crippen LogP contribution is -2.40. The average Bonchev–Trinajstić information content (AvgIpc) is 3.25. The zero-order valence-electron chi connectivity index (χ0n) is 22.6. The number of rotatable bonds is 6. The van der Waals surface area contributed by atoms with Crippen molar-refractivity contribution in [3.05, 3.63) is 89.7 Å². The molecule has 2 heterocycles. The summed E-state index contributed by atoms with van der Waals surface area (Å²) in [4.78, 5) is 47.4. The Kier molecular flexibility index (Phi) is 8.71. The monoisotopic (exact) mass is 540 g/mol. The summed E-state index contributed by atoms with van der Waals surface area (Å²) in [7, 11) is 0. The molecule has 40 heavy (non-hydrogen) atoms. The van der Waals surface area contributed by atoms with E-state index in [1.807, 2.05) is 41.3 Å². The Hall–Kier alpha value is -4.24. The first-order valence-corrected chi connectivity index (χ1v) is 14.0. The number of nitrogens with zero attached hydrogens (tertiary/aromatic N) is 3. The molecule has 3 amide bonds. The summed E-state index contributed by atoms with van der Waals surface area (Å²) < 4.78 is 0. The zero-order valence-corrected chi connectivity index (χ0v) is 22.6. The van der Waals surface area contributed by atoms with Crippen molar-refractivity contribution in [3.8, 4) is 0 Å². The number of carbonyl (C=O) groups excluding carboxylic acids is 3. The number of pyridine rings is 1. The van der Waals surface area contributed by atoms with Crippen LogP contribution in [0.15, 0.2) is 73.1 Å². The molecule has 208 valence electrons. The Morgan fingerprint density at radius 1 is 0.775 bits per heavy atom. The van der Waals surface area contributed by atoms with E-state index in [-0.39, 0.29) is 29.8 Å². The molecule has 2 aliphatic rings. The fraction of sp³-hybridized carbons (Fsp3) is 0.355. The third kappa shape index (κ3) is 6.66. The smallest absolute Gasteiger partial charge is 0.255 e. The van der Waals surface area contributed by atoms with Gasteiger partial charge in [-0.3, -0.25) is 19.4 Å². The molecule has 1 saturated heterocycles. The molecule has 0 unspecified atom stereocenters. The molecule has 0 atom stereocenters. The van der Waals surface area contributed by atoms with E-state index in [1.54, 1.807) is 36.7 Å².